The van der Waals surface area contributed by atoms with Crippen LogP contribution in [0.2, 0.25) is 0 Å². The number of rotatable bonds is 7. The molecule has 0 unspecified atom stereocenters. The SMILES string of the molecule is [2H]C([2H])(c1ccnc(-n2c3ccc(-c4ccccc4)cc3c3ccc(Oc4cncc(-n5[c-][n+](-c6cccc(C(C)(C)C)c6)cc5)c4)cc32)c1)C(C)(C)C. The molecule has 6 nitrogen and oxygen atoms in total. The summed E-state index contributed by atoms with van der Waals surface area (Å²) in [5, 5.41) is 2.10. The van der Waals surface area contributed by atoms with Crippen molar-refractivity contribution < 1.29 is 12.0 Å². The fourth-order valence-corrected chi connectivity index (χ4v) is 6.63. The smallest absolute Gasteiger partial charge is 0.268 e. The molecule has 0 amide bonds. The molecule has 0 fully saturated rings. The van der Waals surface area contributed by atoms with E-state index in [0.29, 0.717) is 22.9 Å². The van der Waals surface area contributed by atoms with Gasteiger partial charge in [0, 0.05) is 44.4 Å². The number of nitrogens with zero attached hydrogens (tertiary/aromatic N) is 5. The van der Waals surface area contributed by atoms with Gasteiger partial charge in [-0.15, -0.1) is 0 Å². The predicted octanol–water partition coefficient (Wildman–Crippen LogP) is 10.8. The first-order valence-electron chi connectivity index (χ1n) is 18.6. The molecule has 4 aromatic carbocycles. The molecule has 258 valence electrons. The van der Waals surface area contributed by atoms with Crippen molar-refractivity contribution in [2.45, 2.75) is 53.3 Å². The molecule has 0 saturated carbocycles. The predicted molar refractivity (Wildman–Crippen MR) is 210 cm³/mol. The quantitative estimate of drug-likeness (QED) is 0.124. The number of aromatic nitrogens is 5. The summed E-state index contributed by atoms with van der Waals surface area (Å²) in [7, 11) is 0. The Labute approximate surface area is 308 Å². The van der Waals surface area contributed by atoms with E-state index in [-0.39, 0.29) is 5.41 Å². The van der Waals surface area contributed by atoms with Crippen molar-refractivity contribution in [1.29, 1.82) is 0 Å². The van der Waals surface area contributed by atoms with E-state index in [4.69, 9.17) is 12.5 Å². The van der Waals surface area contributed by atoms with Crippen LogP contribution in [0.15, 0.2) is 140 Å². The molecule has 0 radical (unpaired) electrons. The van der Waals surface area contributed by atoms with Crippen molar-refractivity contribution in [2.24, 2.45) is 5.41 Å². The lowest BCUT2D eigenvalue weighted by atomic mass is 9.87. The van der Waals surface area contributed by atoms with Crippen molar-refractivity contribution in [3.05, 3.63) is 158 Å². The molecule has 0 aliphatic heterocycles. The number of hydrogen-bond donors (Lipinski definition) is 0. The Kier molecular flexibility index (Phi) is 7.67. The number of imidazole rings is 1. The zero-order valence-electron chi connectivity index (χ0n) is 32.4. The molecule has 0 aliphatic carbocycles. The standard InChI is InChI=1S/C46H43N5O/c1-45(2,3)28-32-19-20-48-44(23-32)51-42-18-15-34(33-11-8-7-9-12-33)24-41(42)40-17-16-38(27-43(40)51)52-39-26-37(29-47-30-39)50-22-21-49(31-50)36-14-10-13-35(25-36)46(4,5)6/h7-27,29-30H,28H2,1-6H3/i28D2. The number of fused-ring (bicyclic) bond motifs is 3. The van der Waals surface area contributed by atoms with Gasteiger partial charge in [-0.3, -0.25) is 18.7 Å². The average Bonchev–Trinajstić information content (AvgIpc) is 3.78. The lowest BCUT2D eigenvalue weighted by Crippen LogP contribution is -2.29. The van der Waals surface area contributed by atoms with Gasteiger partial charge in [-0.2, -0.15) is 0 Å². The molecular weight excluding hydrogens is 639 g/mol. The highest BCUT2D eigenvalue weighted by Crippen LogP contribution is 2.37. The second-order valence-electron chi connectivity index (χ2n) is 15.3. The van der Waals surface area contributed by atoms with E-state index in [0.717, 1.165) is 44.3 Å². The van der Waals surface area contributed by atoms with Gasteiger partial charge in [0.2, 0.25) is 0 Å². The Morgan fingerprint density at radius 2 is 1.60 bits per heavy atom. The van der Waals surface area contributed by atoms with Gasteiger partial charge < -0.3 is 4.74 Å². The van der Waals surface area contributed by atoms with Crippen LogP contribution < -0.4 is 9.30 Å². The van der Waals surface area contributed by atoms with Crippen molar-refractivity contribution in [1.82, 2.24) is 19.1 Å². The van der Waals surface area contributed by atoms with Gasteiger partial charge in [0.15, 0.2) is 0 Å². The van der Waals surface area contributed by atoms with E-state index >= 15 is 0 Å². The first kappa shape index (κ1) is 30.8. The van der Waals surface area contributed by atoms with Gasteiger partial charge in [0.1, 0.15) is 17.3 Å². The van der Waals surface area contributed by atoms with Crippen molar-refractivity contribution in [3.63, 3.8) is 0 Å². The first-order valence-corrected chi connectivity index (χ1v) is 17.6. The van der Waals surface area contributed by atoms with Crippen LogP contribution in [-0.2, 0) is 11.8 Å². The summed E-state index contributed by atoms with van der Waals surface area (Å²) < 4.78 is 30.5. The molecule has 8 rings (SSSR count). The number of hydrogen-bond acceptors (Lipinski definition) is 3. The van der Waals surface area contributed by atoms with Gasteiger partial charge >= 0.3 is 0 Å². The third kappa shape index (κ3) is 6.72. The van der Waals surface area contributed by atoms with Crippen LogP contribution >= 0.6 is 0 Å². The van der Waals surface area contributed by atoms with Crippen LogP contribution in [0.5, 0.6) is 11.5 Å². The molecule has 0 saturated heterocycles. The summed E-state index contributed by atoms with van der Waals surface area (Å²) >= 11 is 0. The van der Waals surface area contributed by atoms with Gasteiger partial charge in [-0.05, 0) is 94.1 Å². The van der Waals surface area contributed by atoms with E-state index < -0.39 is 11.8 Å². The highest BCUT2D eigenvalue weighted by Gasteiger charge is 2.18. The zero-order chi connectivity index (χ0) is 37.8. The largest absolute Gasteiger partial charge is 0.456 e. The molecule has 0 aliphatic rings. The molecule has 0 atom stereocenters. The van der Waals surface area contributed by atoms with Crippen LogP contribution in [0.4, 0.5) is 0 Å². The summed E-state index contributed by atoms with van der Waals surface area (Å²) in [5.41, 5.74) is 7.23. The molecule has 4 heterocycles. The monoisotopic (exact) mass is 683 g/mol. The van der Waals surface area contributed by atoms with Gasteiger partial charge in [-0.1, -0.05) is 90.1 Å². The van der Waals surface area contributed by atoms with Gasteiger partial charge in [-0.25, -0.2) is 4.98 Å². The first-order chi connectivity index (χ1) is 25.8. The minimum Gasteiger partial charge on any atom is -0.456 e. The highest BCUT2D eigenvalue weighted by molar-refractivity contribution is 6.10. The fourth-order valence-electron chi connectivity index (χ4n) is 6.63. The van der Waals surface area contributed by atoms with Crippen LogP contribution in [0, 0.1) is 11.7 Å². The third-order valence-electron chi connectivity index (χ3n) is 9.12. The molecule has 0 spiro atoms. The lowest BCUT2D eigenvalue weighted by Gasteiger charge is -2.19. The Hall–Kier alpha value is -6.01. The topological polar surface area (TPSA) is 48.8 Å². The van der Waals surface area contributed by atoms with Crippen LogP contribution in [0.1, 0.15) is 55.4 Å². The molecular formula is C46H43N5O. The second kappa shape index (κ2) is 13.0. The maximum Gasteiger partial charge on any atom is 0.268 e. The molecule has 6 heteroatoms. The molecule has 0 bridgehead atoms. The summed E-state index contributed by atoms with van der Waals surface area (Å²) in [6.45, 7) is 12.4. The van der Waals surface area contributed by atoms with E-state index in [9.17, 15) is 0 Å². The van der Waals surface area contributed by atoms with Crippen LogP contribution in [-0.4, -0.2) is 19.1 Å². The lowest BCUT2D eigenvalue weighted by molar-refractivity contribution is -0.599. The maximum atomic E-state index is 9.00. The third-order valence-corrected chi connectivity index (χ3v) is 9.12. The van der Waals surface area contributed by atoms with Crippen LogP contribution in [0.25, 0.3) is 50.1 Å². The number of ether oxygens (including phenoxy) is 1. The van der Waals surface area contributed by atoms with Crippen molar-refractivity contribution in [3.8, 4) is 39.8 Å². The van der Waals surface area contributed by atoms with E-state index in [2.05, 4.69) is 97.3 Å². The average molecular weight is 684 g/mol. The van der Waals surface area contributed by atoms with Crippen molar-refractivity contribution >= 4 is 21.8 Å². The van der Waals surface area contributed by atoms with E-state index in [1.807, 2.05) is 84.8 Å². The molecule has 4 aromatic heterocycles. The highest BCUT2D eigenvalue weighted by atomic mass is 16.5. The Morgan fingerprint density at radius 1 is 0.750 bits per heavy atom. The second-order valence-corrected chi connectivity index (χ2v) is 15.3. The van der Waals surface area contributed by atoms with Crippen LogP contribution in [0.3, 0.4) is 0 Å². The Bertz CT molecular complexity index is 2650. The Balaban J connectivity index is 1.19. The minimum absolute atomic E-state index is 0.0415. The molecule has 8 aromatic rings. The number of benzene rings is 4. The van der Waals surface area contributed by atoms with E-state index in [1.165, 1.54) is 5.56 Å². The summed E-state index contributed by atoms with van der Waals surface area (Å²) in [4.78, 5) is 9.31. The Morgan fingerprint density at radius 3 is 2.40 bits per heavy atom. The normalized spacial score (nSPS) is 13.0. The minimum atomic E-state index is -1.58. The summed E-state index contributed by atoms with van der Waals surface area (Å²) in [6, 6.07) is 37.0. The van der Waals surface area contributed by atoms with Crippen molar-refractivity contribution in [2.75, 3.05) is 0 Å². The number of pyridine rings is 2. The summed E-state index contributed by atoms with van der Waals surface area (Å²) in [5.74, 6) is 1.86. The maximum absolute atomic E-state index is 9.00. The molecule has 52 heavy (non-hydrogen) atoms. The van der Waals surface area contributed by atoms with E-state index in [1.54, 1.807) is 24.7 Å². The summed E-state index contributed by atoms with van der Waals surface area (Å²) in [6.07, 6.45) is 11.0. The van der Waals surface area contributed by atoms with Gasteiger partial charge in [0.05, 0.1) is 28.6 Å². The molecule has 0 N–H and O–H groups in total. The zero-order valence-corrected chi connectivity index (χ0v) is 30.4. The van der Waals surface area contributed by atoms with Gasteiger partial charge in [0.25, 0.3) is 6.33 Å². The fraction of sp³-hybridized carbons (Fsp3) is 0.196.